The Labute approximate surface area is 466 Å². The lowest BCUT2D eigenvalue weighted by Crippen LogP contribution is -2.45. The van der Waals surface area contributed by atoms with Crippen molar-refractivity contribution < 1.29 is 17.8 Å². The number of fused-ring (bicyclic) bond motifs is 2. The largest absolute Gasteiger partial charge is 0.0651 e. The number of rotatable bonds is 5. The van der Waals surface area contributed by atoms with Gasteiger partial charge in [-0.3, -0.25) is 0 Å². The molecule has 10 saturated carbocycles. The Bertz CT molecular complexity index is 1550. The van der Waals surface area contributed by atoms with Crippen molar-refractivity contribution in [1.82, 2.24) is 0 Å². The van der Waals surface area contributed by atoms with Crippen LogP contribution < -0.4 is 0 Å². The molecule has 10 aliphatic carbocycles. The van der Waals surface area contributed by atoms with Crippen molar-refractivity contribution in [3.05, 3.63) is 0 Å². The Morgan fingerprint density at radius 2 is 0.814 bits per heavy atom. The van der Waals surface area contributed by atoms with E-state index in [1.165, 1.54) is 77.0 Å². The first-order valence-corrected chi connectivity index (χ1v) is 30.8. The lowest BCUT2D eigenvalue weighted by Gasteiger charge is -2.56. The Kier molecular flexibility index (Phi) is 27.3. The molecule has 0 heteroatoms. The van der Waals surface area contributed by atoms with Crippen molar-refractivity contribution in [2.45, 2.75) is 363 Å². The molecular formula is C70H142. The maximum absolute atomic E-state index is 7.63. The van der Waals surface area contributed by atoms with Gasteiger partial charge in [0.15, 0.2) is 0 Å². The zero-order chi connectivity index (χ0) is 64.9. The fourth-order valence-corrected chi connectivity index (χ4v) is 12.3. The third kappa shape index (κ3) is 39.4. The normalized spacial score (nSPS) is 33.7. The molecule has 0 aliphatic heterocycles. The molecule has 70 heavy (non-hydrogen) atoms. The average Bonchev–Trinajstić information content (AvgIpc) is 4.16. The smallest absolute Gasteiger partial charge is 0.0300 e. The second-order valence-electron chi connectivity index (χ2n) is 28.4. The van der Waals surface area contributed by atoms with E-state index in [2.05, 4.69) is 41.5 Å². The lowest BCUT2D eigenvalue weighted by molar-refractivity contribution is -0.0545. The van der Waals surface area contributed by atoms with Gasteiger partial charge in [0, 0.05) is 17.8 Å². The van der Waals surface area contributed by atoms with Crippen molar-refractivity contribution in [2.24, 2.45) is 86.7 Å². The molecule has 0 saturated heterocycles. The molecule has 0 amide bonds. The number of hydrogen-bond donors (Lipinski definition) is 0. The molecule has 0 aromatic rings. The Morgan fingerprint density at radius 3 is 1.00 bits per heavy atom. The van der Waals surface area contributed by atoms with Gasteiger partial charge < -0.3 is 0 Å². The molecule has 6 bridgehead atoms. The van der Waals surface area contributed by atoms with Crippen molar-refractivity contribution >= 4 is 0 Å². The molecule has 10 aliphatic rings. The summed E-state index contributed by atoms with van der Waals surface area (Å²) < 4.78 is 94.2. The summed E-state index contributed by atoms with van der Waals surface area (Å²) in [5, 5.41) is 0. The van der Waals surface area contributed by atoms with E-state index in [9.17, 15) is 0 Å². The summed E-state index contributed by atoms with van der Waals surface area (Å²) in [6.45, 7) is 37.0. The van der Waals surface area contributed by atoms with Gasteiger partial charge >= 0.3 is 0 Å². The summed E-state index contributed by atoms with van der Waals surface area (Å²) in [5.41, 5.74) is 0.550. The molecule has 3 atom stereocenters. The first-order valence-electron chi connectivity index (χ1n) is 37.3. The van der Waals surface area contributed by atoms with Crippen LogP contribution in [0.25, 0.3) is 0 Å². The quantitative estimate of drug-likeness (QED) is 0.257. The van der Waals surface area contributed by atoms with Crippen LogP contribution in [-0.4, -0.2) is 0 Å². The molecule has 0 aromatic carbocycles. The lowest BCUT2D eigenvalue weighted by atomic mass is 9.49. The topological polar surface area (TPSA) is 0 Å². The second kappa shape index (κ2) is 38.5. The molecule has 422 valence electrons. The maximum Gasteiger partial charge on any atom is 0.0300 e. The van der Waals surface area contributed by atoms with Crippen LogP contribution in [0, 0.1) is 86.7 Å². The van der Waals surface area contributed by atoms with E-state index in [1.54, 1.807) is 113 Å². The van der Waals surface area contributed by atoms with Crippen LogP contribution in [0.1, 0.15) is 381 Å². The predicted molar refractivity (Wildman–Crippen MR) is 324 cm³/mol. The van der Waals surface area contributed by atoms with Crippen molar-refractivity contribution in [3.63, 3.8) is 0 Å². The minimum absolute atomic E-state index is 0.0556. The van der Waals surface area contributed by atoms with Crippen molar-refractivity contribution in [1.29, 1.82) is 0 Å². The average molecular weight is 997 g/mol. The molecule has 0 spiro atoms. The van der Waals surface area contributed by atoms with Gasteiger partial charge in [-0.15, -0.1) is 0 Å². The van der Waals surface area contributed by atoms with Crippen LogP contribution in [0.4, 0.5) is 0 Å². The highest BCUT2D eigenvalue weighted by Crippen LogP contribution is 2.61. The van der Waals surface area contributed by atoms with Gasteiger partial charge in [0.25, 0.3) is 0 Å². The fraction of sp³-hybridized carbons (Fsp3) is 1.00. The summed E-state index contributed by atoms with van der Waals surface area (Å²) in [5.74, 6) is 7.57. The second-order valence-corrected chi connectivity index (χ2v) is 28.4. The molecule has 3 unspecified atom stereocenters. The number of hydrogen-bond acceptors (Lipinski definition) is 0. The standard InChI is InChI=1S/C12H20.C9H16.C8H16.2C7H14.C6H12.C6H14.3C5H12/c1-2-12-6-9-3-10(7-12)5-11(4-9)8-12;1-2-8-5-7-3-4-9(8)6-7;1-2-8-6-4-3-5-7-8;1-7-5-3-2-4-6-7;1-2-7-5-3-4-6-7;1-6-4-2-3-5-6;1-5-6(2,3)4;2*1-5(2,3)4;1-4-5(2)3/h9-11H,2-8H2,1H3;7-9H,2-6H2,1H3;8H,2-7H2,1H3;2*7H,2-6H2,1H3;6H,2-5H2,1H3;5H2,1-4H3;2*1-4H3;5H,4H2,1-3H3/i;;2D2;7D;2D2;6D;5D2;1D3;;4D2. The van der Waals surface area contributed by atoms with E-state index in [-0.39, 0.29) is 23.1 Å². The van der Waals surface area contributed by atoms with Gasteiger partial charge in [-0.05, 0) is 144 Å². The SMILES string of the molecule is CC(C)(C)C.CCC12CC3CC(CC(C3)C1)C2.CCC1CC2CCC1C2.[2H]C([2H])(C)C(C)(C)C.[2H]C([2H])(C)C(C)C.[2H]C([2H])(C)C1CCCC1.[2H]C([2H])(C)C1CCCCC1.[2H]C([2H])([2H])C(C)(C)C.[2H]C1(C)CCCC1.[2H]C1(C)CCCCC1. The highest BCUT2D eigenvalue weighted by molar-refractivity contribution is 5.00. The minimum Gasteiger partial charge on any atom is -0.0651 e. The summed E-state index contributed by atoms with van der Waals surface area (Å²) in [6.07, 6.45) is 36.4. The Morgan fingerprint density at radius 1 is 0.486 bits per heavy atom. The zero-order valence-electron chi connectivity index (χ0n) is 64.9. The monoisotopic (exact) mass is 996 g/mol. The van der Waals surface area contributed by atoms with Crippen LogP contribution in [0.2, 0.25) is 0 Å². The molecule has 10 rings (SSSR count). The highest BCUT2D eigenvalue weighted by Gasteiger charge is 2.49. The first-order chi connectivity index (χ1) is 37.3. The molecule has 0 aromatic heterocycles. The van der Waals surface area contributed by atoms with E-state index in [1.807, 2.05) is 48.5 Å². The molecular weight excluding hydrogens is 841 g/mol. The van der Waals surface area contributed by atoms with Crippen LogP contribution in [-0.2, 0) is 0 Å². The summed E-state index contributed by atoms with van der Waals surface area (Å²) in [7, 11) is 0. The molecule has 0 N–H and O–H groups in total. The van der Waals surface area contributed by atoms with E-state index in [4.69, 9.17) is 17.8 Å². The Balaban J connectivity index is 0.000000907. The van der Waals surface area contributed by atoms with Crippen LogP contribution >= 0.6 is 0 Å². The molecule has 0 heterocycles. The highest BCUT2D eigenvalue weighted by atomic mass is 14.5. The van der Waals surface area contributed by atoms with Gasteiger partial charge in [0.1, 0.15) is 0 Å². The van der Waals surface area contributed by atoms with Gasteiger partial charge in [-0.25, -0.2) is 0 Å². The molecule has 0 nitrogen and oxygen atoms in total. The van der Waals surface area contributed by atoms with E-state index in [0.717, 1.165) is 92.3 Å². The first kappa shape index (κ1) is 49.6. The third-order valence-corrected chi connectivity index (χ3v) is 16.6. The molecule has 0 radical (unpaired) electrons. The van der Waals surface area contributed by atoms with Crippen molar-refractivity contribution in [3.8, 4) is 0 Å². The summed E-state index contributed by atoms with van der Waals surface area (Å²) >= 11 is 0. The van der Waals surface area contributed by atoms with Gasteiger partial charge in [0.05, 0.1) is 0 Å². The van der Waals surface area contributed by atoms with Crippen LogP contribution in [0.5, 0.6) is 0 Å². The maximum atomic E-state index is 7.63. The van der Waals surface area contributed by atoms with Gasteiger partial charge in [-0.2, -0.15) is 0 Å². The van der Waals surface area contributed by atoms with Gasteiger partial charge in [-0.1, -0.05) is 306 Å². The summed E-state index contributed by atoms with van der Waals surface area (Å²) in [4.78, 5) is 0. The van der Waals surface area contributed by atoms with Gasteiger partial charge in [0.2, 0.25) is 0 Å². The summed E-state index contributed by atoms with van der Waals surface area (Å²) in [6, 6.07) is 0. The van der Waals surface area contributed by atoms with E-state index < -0.39 is 37.8 Å². The molecule has 10 fully saturated rings. The fourth-order valence-electron chi connectivity index (χ4n) is 12.3. The van der Waals surface area contributed by atoms with Crippen LogP contribution in [0.3, 0.4) is 0 Å². The Hall–Kier alpha value is 0. The van der Waals surface area contributed by atoms with Crippen molar-refractivity contribution in [2.75, 3.05) is 0 Å². The third-order valence-electron chi connectivity index (χ3n) is 16.6. The van der Waals surface area contributed by atoms with Crippen LogP contribution in [0.15, 0.2) is 0 Å². The van der Waals surface area contributed by atoms with E-state index in [0.29, 0.717) is 17.3 Å². The van der Waals surface area contributed by atoms with E-state index >= 15 is 0 Å². The minimum atomic E-state index is -1.81. The zero-order valence-corrected chi connectivity index (χ0v) is 51.9. The predicted octanol–water partition coefficient (Wildman–Crippen LogP) is 25.4.